The monoisotopic (exact) mass is 656 g/mol. The molecule has 0 aromatic rings. The summed E-state index contributed by atoms with van der Waals surface area (Å²) in [6, 6.07) is 0. The second-order valence-electron chi connectivity index (χ2n) is 13.0. The topological polar surface area (TPSA) is 88.1 Å². The van der Waals surface area contributed by atoms with Crippen LogP contribution in [0.25, 0.3) is 0 Å². The van der Waals surface area contributed by atoms with E-state index < -0.39 is 0 Å². The smallest absolute Gasteiger partial charge is 0.246 e. The number of hydrogen-bond donors (Lipinski definition) is 1. The average molecular weight is 656 g/mol. The molecule has 1 fully saturated rings. The molecular formula is C36H70ClN5O3. The minimum Gasteiger partial charge on any atom is -0.859 e. The molecule has 0 radical (unpaired) electrons. The van der Waals surface area contributed by atoms with Crippen molar-refractivity contribution < 1.29 is 19.2 Å². The fourth-order valence-corrected chi connectivity index (χ4v) is 4.56. The van der Waals surface area contributed by atoms with Crippen molar-refractivity contribution in [3.05, 3.63) is 37.1 Å². The van der Waals surface area contributed by atoms with Gasteiger partial charge < -0.3 is 29.7 Å². The van der Waals surface area contributed by atoms with Gasteiger partial charge in [-0.3, -0.25) is 9.59 Å². The minimum atomic E-state index is -0.144. The van der Waals surface area contributed by atoms with Crippen LogP contribution in [0.15, 0.2) is 42.1 Å². The lowest BCUT2D eigenvalue weighted by Gasteiger charge is -2.29. The first-order valence-electron chi connectivity index (χ1n) is 17.0. The van der Waals surface area contributed by atoms with E-state index in [1.807, 2.05) is 14.1 Å². The van der Waals surface area contributed by atoms with Gasteiger partial charge in [0.25, 0.3) is 0 Å². The third-order valence-electron chi connectivity index (χ3n) is 7.44. The van der Waals surface area contributed by atoms with E-state index in [1.165, 1.54) is 70.8 Å². The molecule has 0 atom stereocenters. The Morgan fingerprint density at radius 2 is 1.49 bits per heavy atom. The van der Waals surface area contributed by atoms with Crippen LogP contribution in [0, 0.1) is 0 Å². The maximum atomic E-state index is 11.4. The Bertz CT molecular complexity index is 843. The highest BCUT2D eigenvalue weighted by atomic mass is 35.5. The maximum Gasteiger partial charge on any atom is 0.246 e. The summed E-state index contributed by atoms with van der Waals surface area (Å²) in [6.07, 6.45) is 19.1. The lowest BCUT2D eigenvalue weighted by Crippen LogP contribution is -2.41. The highest BCUT2D eigenvalue weighted by Crippen LogP contribution is 2.12. The van der Waals surface area contributed by atoms with E-state index in [2.05, 4.69) is 56.0 Å². The summed E-state index contributed by atoms with van der Waals surface area (Å²) >= 11 is 0. The van der Waals surface area contributed by atoms with E-state index in [0.717, 1.165) is 49.9 Å². The van der Waals surface area contributed by atoms with Crippen LogP contribution in [0.5, 0.6) is 0 Å². The Hall–Kier alpha value is -2.16. The van der Waals surface area contributed by atoms with Crippen LogP contribution >= 0.6 is 12.4 Å². The summed E-state index contributed by atoms with van der Waals surface area (Å²) in [7, 11) is 8.60. The molecule has 0 aromatic carbocycles. The molecule has 0 unspecified atom stereocenters. The lowest BCUT2D eigenvalue weighted by molar-refractivity contribution is -0.890. The first kappa shape index (κ1) is 47.2. The summed E-state index contributed by atoms with van der Waals surface area (Å²) < 4.78 is 1.04. The van der Waals surface area contributed by atoms with Gasteiger partial charge in [0.2, 0.25) is 11.8 Å². The molecule has 45 heavy (non-hydrogen) atoms. The molecule has 264 valence electrons. The average Bonchev–Trinajstić information content (AvgIpc) is 3.39. The predicted molar refractivity (Wildman–Crippen MR) is 195 cm³/mol. The molecule has 1 aliphatic rings. The number of nitrogens with zero attached hydrogens (tertiary/aromatic N) is 4. The SMILES string of the molecule is C=C(C)C(=O)NCCCN(C)C.C=C(C)C([O-])=NCCC[N+](C)(C)CCCCCCCCCCCC.C=CN1CCCC1=O.Cl. The third kappa shape index (κ3) is 31.6. The van der Waals surface area contributed by atoms with Crippen LogP contribution in [0.1, 0.15) is 111 Å². The molecule has 0 saturated carbocycles. The van der Waals surface area contributed by atoms with Crippen LogP contribution in [0.2, 0.25) is 0 Å². The van der Waals surface area contributed by atoms with Gasteiger partial charge in [-0.2, -0.15) is 0 Å². The van der Waals surface area contributed by atoms with Gasteiger partial charge in [-0.1, -0.05) is 78.0 Å². The summed E-state index contributed by atoms with van der Waals surface area (Å²) in [6.45, 7) is 21.9. The Balaban J connectivity index is -0.000000691. The van der Waals surface area contributed by atoms with Gasteiger partial charge in [-0.05, 0) is 77.8 Å². The highest BCUT2D eigenvalue weighted by molar-refractivity contribution is 5.92. The molecule has 0 spiro atoms. The number of nitrogens with one attached hydrogen (secondary N) is 1. The standard InChI is InChI=1S/C21H42N2O.C9H18N2O.C6H9NO.ClH/c1-6-7-8-9-10-11-12-13-14-15-18-23(4,5)19-16-17-22-21(24)20(2)3;1-8(2)9(12)10-6-5-7-11(3)4;1-2-7-5-3-4-6(7)8;/h2,6-19H2,1,3-5H3;1,5-7H2,2-4H3,(H,10,12);2H,1,3-5H2;1H. The molecule has 1 N–H and O–H groups in total. The van der Waals surface area contributed by atoms with Crippen LogP contribution in [-0.2, 0) is 9.59 Å². The molecule has 9 heteroatoms. The first-order chi connectivity index (χ1) is 20.8. The molecule has 8 nitrogen and oxygen atoms in total. The third-order valence-corrected chi connectivity index (χ3v) is 7.44. The summed E-state index contributed by atoms with van der Waals surface area (Å²) in [5.74, 6) is 0.0174. The number of carbonyl (C=O) groups excluding carboxylic acids is 2. The Morgan fingerprint density at radius 1 is 0.956 bits per heavy atom. The van der Waals surface area contributed by atoms with E-state index in [0.29, 0.717) is 24.1 Å². The van der Waals surface area contributed by atoms with E-state index in [-0.39, 0.29) is 30.1 Å². The number of halogens is 1. The van der Waals surface area contributed by atoms with Gasteiger partial charge in [-0.15, -0.1) is 12.4 Å². The van der Waals surface area contributed by atoms with Gasteiger partial charge in [0.15, 0.2) is 0 Å². The Labute approximate surface area is 284 Å². The van der Waals surface area contributed by atoms with Crippen LogP contribution in [0.4, 0.5) is 0 Å². The van der Waals surface area contributed by atoms with Crippen molar-refractivity contribution >= 4 is 30.1 Å². The first-order valence-corrected chi connectivity index (χ1v) is 17.0. The zero-order valence-corrected chi connectivity index (χ0v) is 31.1. The van der Waals surface area contributed by atoms with Gasteiger partial charge in [0, 0.05) is 38.0 Å². The molecule has 1 saturated heterocycles. The molecule has 2 amide bonds. The quantitative estimate of drug-likeness (QED) is 0.0473. The molecule has 1 rings (SSSR count). The largest absolute Gasteiger partial charge is 0.859 e. The van der Waals surface area contributed by atoms with Crippen molar-refractivity contribution in [3.63, 3.8) is 0 Å². The number of rotatable bonds is 22. The van der Waals surface area contributed by atoms with Crippen molar-refractivity contribution in [2.45, 2.75) is 111 Å². The van der Waals surface area contributed by atoms with E-state index in [9.17, 15) is 14.7 Å². The van der Waals surface area contributed by atoms with E-state index in [1.54, 1.807) is 24.9 Å². The number of quaternary nitrogens is 1. The van der Waals surface area contributed by atoms with Crippen molar-refractivity contribution in [1.82, 2.24) is 15.1 Å². The molecule has 1 heterocycles. The normalized spacial score (nSPS) is 12.8. The number of carbonyl (C=O) groups is 2. The van der Waals surface area contributed by atoms with Crippen molar-refractivity contribution in [2.75, 3.05) is 67.5 Å². The number of unbranched alkanes of at least 4 members (excludes halogenated alkanes) is 9. The molecule has 0 bridgehead atoms. The van der Waals surface area contributed by atoms with Gasteiger partial charge >= 0.3 is 0 Å². The Kier molecular flexibility index (Phi) is 32.0. The second-order valence-corrected chi connectivity index (χ2v) is 13.0. The second kappa shape index (κ2) is 30.5. The van der Waals surface area contributed by atoms with Crippen molar-refractivity contribution in [2.24, 2.45) is 4.99 Å². The lowest BCUT2D eigenvalue weighted by atomic mass is 10.1. The van der Waals surface area contributed by atoms with Crippen molar-refractivity contribution in [1.29, 1.82) is 0 Å². The van der Waals surface area contributed by atoms with Crippen LogP contribution < -0.4 is 10.4 Å². The summed E-state index contributed by atoms with van der Waals surface area (Å²) in [5, 5.41) is 14.1. The maximum absolute atomic E-state index is 11.4. The molecule has 0 aliphatic carbocycles. The summed E-state index contributed by atoms with van der Waals surface area (Å²) in [5.41, 5.74) is 1.11. The molecular weight excluding hydrogens is 586 g/mol. The zero-order valence-electron chi connectivity index (χ0n) is 30.3. The Morgan fingerprint density at radius 3 is 1.91 bits per heavy atom. The van der Waals surface area contributed by atoms with Gasteiger partial charge in [-0.25, -0.2) is 0 Å². The summed E-state index contributed by atoms with van der Waals surface area (Å²) in [4.78, 5) is 29.4. The zero-order chi connectivity index (χ0) is 33.8. The predicted octanol–water partition coefficient (Wildman–Crippen LogP) is 6.51. The number of likely N-dealkylation sites (tertiary alicyclic amines) is 1. The number of amides is 2. The minimum absolute atomic E-state index is 0. The van der Waals surface area contributed by atoms with Crippen LogP contribution in [0.3, 0.4) is 0 Å². The highest BCUT2D eigenvalue weighted by Gasteiger charge is 2.16. The van der Waals surface area contributed by atoms with Gasteiger partial charge in [0.05, 0.1) is 27.2 Å². The van der Waals surface area contributed by atoms with E-state index in [4.69, 9.17) is 0 Å². The molecule has 0 aromatic heterocycles. The van der Waals surface area contributed by atoms with Crippen LogP contribution in [-0.4, -0.2) is 99.5 Å². The fourth-order valence-electron chi connectivity index (χ4n) is 4.56. The molecule has 1 aliphatic heterocycles. The fraction of sp³-hybridized carbons (Fsp3) is 0.750. The van der Waals surface area contributed by atoms with Gasteiger partial charge in [0.1, 0.15) is 0 Å². The van der Waals surface area contributed by atoms with Crippen molar-refractivity contribution in [3.8, 4) is 0 Å². The number of aliphatic imine (C=N–C) groups is 1. The number of hydrogen-bond acceptors (Lipinski definition) is 5. The van der Waals surface area contributed by atoms with E-state index >= 15 is 0 Å².